The molecule has 2 aliphatic rings. The summed E-state index contributed by atoms with van der Waals surface area (Å²) >= 11 is 0. The third-order valence-corrected chi connectivity index (χ3v) is 3.09. The van der Waals surface area contributed by atoms with Gasteiger partial charge in [-0.1, -0.05) is 0 Å². The standard InChI is InChI=1S/C11H17NO5/c13-10(12-7-2-1-5-16-6-7)8-3-4-9(17-8)11(14)15/h7-9H,1-6H2,(H,12,13)(H,14,15). The summed E-state index contributed by atoms with van der Waals surface area (Å²) < 4.78 is 10.4. The maximum atomic E-state index is 11.8. The summed E-state index contributed by atoms with van der Waals surface area (Å²) in [6.45, 7) is 1.27. The first-order chi connectivity index (χ1) is 8.16. The fraction of sp³-hybridized carbons (Fsp3) is 0.818. The normalized spacial score (nSPS) is 33.3. The van der Waals surface area contributed by atoms with Gasteiger partial charge in [0.15, 0.2) is 6.10 Å². The van der Waals surface area contributed by atoms with Crippen LogP contribution in [0.25, 0.3) is 0 Å². The van der Waals surface area contributed by atoms with Crippen molar-refractivity contribution in [1.82, 2.24) is 5.32 Å². The van der Waals surface area contributed by atoms with Gasteiger partial charge in [-0.3, -0.25) is 4.79 Å². The molecule has 6 nitrogen and oxygen atoms in total. The predicted molar refractivity (Wildman–Crippen MR) is 57.5 cm³/mol. The third kappa shape index (κ3) is 3.17. The number of hydrogen-bond acceptors (Lipinski definition) is 4. The van der Waals surface area contributed by atoms with Crippen molar-refractivity contribution in [1.29, 1.82) is 0 Å². The molecular weight excluding hydrogens is 226 g/mol. The van der Waals surface area contributed by atoms with Crippen molar-refractivity contribution in [3.05, 3.63) is 0 Å². The minimum absolute atomic E-state index is 0.0312. The van der Waals surface area contributed by atoms with Crippen LogP contribution >= 0.6 is 0 Å². The fourth-order valence-corrected chi connectivity index (χ4v) is 2.16. The summed E-state index contributed by atoms with van der Waals surface area (Å²) in [5, 5.41) is 11.6. The van der Waals surface area contributed by atoms with Gasteiger partial charge >= 0.3 is 5.97 Å². The second-order valence-corrected chi connectivity index (χ2v) is 4.45. The van der Waals surface area contributed by atoms with Gasteiger partial charge in [0, 0.05) is 6.61 Å². The molecule has 0 aromatic heterocycles. The van der Waals surface area contributed by atoms with Crippen molar-refractivity contribution in [2.75, 3.05) is 13.2 Å². The van der Waals surface area contributed by atoms with Crippen LogP contribution in [0.4, 0.5) is 0 Å². The lowest BCUT2D eigenvalue weighted by Crippen LogP contribution is -2.45. The van der Waals surface area contributed by atoms with E-state index < -0.39 is 18.2 Å². The number of carbonyl (C=O) groups is 2. The zero-order chi connectivity index (χ0) is 12.3. The molecule has 2 N–H and O–H groups in total. The molecule has 0 aromatic carbocycles. The zero-order valence-electron chi connectivity index (χ0n) is 9.55. The summed E-state index contributed by atoms with van der Waals surface area (Å²) in [6, 6.07) is 0.0312. The molecule has 17 heavy (non-hydrogen) atoms. The maximum absolute atomic E-state index is 11.8. The van der Waals surface area contributed by atoms with Gasteiger partial charge in [-0.05, 0) is 25.7 Å². The highest BCUT2D eigenvalue weighted by atomic mass is 16.5. The van der Waals surface area contributed by atoms with Gasteiger partial charge in [0.05, 0.1) is 12.6 Å². The van der Waals surface area contributed by atoms with Crippen LogP contribution in [0.5, 0.6) is 0 Å². The lowest BCUT2D eigenvalue weighted by molar-refractivity contribution is -0.152. The number of nitrogens with one attached hydrogen (secondary N) is 1. The van der Waals surface area contributed by atoms with Gasteiger partial charge in [0.25, 0.3) is 0 Å². The minimum atomic E-state index is -0.999. The Labute approximate surface area is 99.3 Å². The fourth-order valence-electron chi connectivity index (χ4n) is 2.16. The second kappa shape index (κ2) is 5.46. The Kier molecular flexibility index (Phi) is 3.96. The van der Waals surface area contributed by atoms with Crippen LogP contribution < -0.4 is 5.32 Å². The third-order valence-electron chi connectivity index (χ3n) is 3.09. The number of aliphatic carboxylic acids is 1. The molecule has 0 radical (unpaired) electrons. The second-order valence-electron chi connectivity index (χ2n) is 4.45. The average Bonchev–Trinajstić information content (AvgIpc) is 2.79. The van der Waals surface area contributed by atoms with Crippen LogP contribution in [0, 0.1) is 0 Å². The molecule has 3 atom stereocenters. The molecule has 3 unspecified atom stereocenters. The molecule has 2 fully saturated rings. The topological polar surface area (TPSA) is 84.9 Å². The van der Waals surface area contributed by atoms with E-state index in [1.165, 1.54) is 0 Å². The van der Waals surface area contributed by atoms with Gasteiger partial charge in [-0.15, -0.1) is 0 Å². The van der Waals surface area contributed by atoms with E-state index in [1.54, 1.807) is 0 Å². The molecule has 0 saturated carbocycles. The first-order valence-electron chi connectivity index (χ1n) is 5.93. The Morgan fingerprint density at radius 3 is 2.53 bits per heavy atom. The summed E-state index contributed by atoms with van der Waals surface area (Å²) in [7, 11) is 0. The van der Waals surface area contributed by atoms with Gasteiger partial charge in [-0.2, -0.15) is 0 Å². The Balaban J connectivity index is 1.78. The Morgan fingerprint density at radius 1 is 1.18 bits per heavy atom. The molecule has 2 heterocycles. The van der Waals surface area contributed by atoms with E-state index in [1.807, 2.05) is 0 Å². The van der Waals surface area contributed by atoms with Crippen LogP contribution in [0.1, 0.15) is 25.7 Å². The van der Waals surface area contributed by atoms with Crippen molar-refractivity contribution in [2.45, 2.75) is 43.9 Å². The van der Waals surface area contributed by atoms with E-state index in [0.29, 0.717) is 19.4 Å². The van der Waals surface area contributed by atoms with Crippen LogP contribution in [0.15, 0.2) is 0 Å². The predicted octanol–water partition coefficient (Wildman–Crippen LogP) is -0.0862. The van der Waals surface area contributed by atoms with Crippen LogP contribution in [0.3, 0.4) is 0 Å². The first-order valence-corrected chi connectivity index (χ1v) is 5.93. The molecule has 2 aliphatic heterocycles. The minimum Gasteiger partial charge on any atom is -0.479 e. The van der Waals surface area contributed by atoms with E-state index in [0.717, 1.165) is 19.4 Å². The summed E-state index contributed by atoms with van der Waals surface area (Å²) in [5.74, 6) is -1.22. The van der Waals surface area contributed by atoms with Gasteiger partial charge < -0.3 is 19.9 Å². The van der Waals surface area contributed by atoms with Gasteiger partial charge in [0.2, 0.25) is 5.91 Å². The van der Waals surface area contributed by atoms with E-state index in [4.69, 9.17) is 14.6 Å². The number of carboxylic acids is 1. The van der Waals surface area contributed by atoms with Gasteiger partial charge in [0.1, 0.15) is 6.10 Å². The van der Waals surface area contributed by atoms with Crippen LogP contribution in [0.2, 0.25) is 0 Å². The molecule has 96 valence electrons. The summed E-state index contributed by atoms with van der Waals surface area (Å²) in [5.41, 5.74) is 0. The van der Waals surface area contributed by atoms with E-state index in [9.17, 15) is 9.59 Å². The lowest BCUT2D eigenvalue weighted by Gasteiger charge is -2.24. The number of amides is 1. The monoisotopic (exact) mass is 243 g/mol. The molecule has 0 bridgehead atoms. The number of rotatable bonds is 3. The van der Waals surface area contributed by atoms with E-state index in [2.05, 4.69) is 5.32 Å². The Hall–Kier alpha value is -1.14. The van der Waals surface area contributed by atoms with Gasteiger partial charge in [-0.25, -0.2) is 4.79 Å². The molecular formula is C11H17NO5. The quantitative estimate of drug-likeness (QED) is 0.724. The number of carboxylic acid groups (broad SMARTS) is 1. The SMILES string of the molecule is O=C(O)C1CCC(C(=O)NC2CCCOC2)O1. The Morgan fingerprint density at radius 2 is 1.94 bits per heavy atom. The molecule has 2 saturated heterocycles. The largest absolute Gasteiger partial charge is 0.479 e. The zero-order valence-corrected chi connectivity index (χ0v) is 9.55. The van der Waals surface area contributed by atoms with Crippen molar-refractivity contribution in [3.8, 4) is 0 Å². The molecule has 0 aliphatic carbocycles. The van der Waals surface area contributed by atoms with Crippen LogP contribution in [-0.4, -0.2) is 48.4 Å². The molecule has 6 heteroatoms. The average molecular weight is 243 g/mol. The number of hydrogen-bond donors (Lipinski definition) is 2. The highest BCUT2D eigenvalue weighted by Crippen LogP contribution is 2.20. The molecule has 2 rings (SSSR count). The summed E-state index contributed by atoms with van der Waals surface area (Å²) in [4.78, 5) is 22.5. The smallest absolute Gasteiger partial charge is 0.332 e. The number of ether oxygens (including phenoxy) is 2. The highest BCUT2D eigenvalue weighted by Gasteiger charge is 2.35. The van der Waals surface area contributed by atoms with Crippen molar-refractivity contribution >= 4 is 11.9 Å². The van der Waals surface area contributed by atoms with Crippen molar-refractivity contribution < 1.29 is 24.2 Å². The first kappa shape index (κ1) is 12.3. The molecule has 1 amide bonds. The van der Waals surface area contributed by atoms with E-state index >= 15 is 0 Å². The molecule has 0 spiro atoms. The number of carbonyl (C=O) groups excluding carboxylic acids is 1. The summed E-state index contributed by atoms with van der Waals surface area (Å²) in [6.07, 6.45) is 1.24. The van der Waals surface area contributed by atoms with Crippen molar-refractivity contribution in [3.63, 3.8) is 0 Å². The Bertz CT molecular complexity index is 300. The van der Waals surface area contributed by atoms with E-state index in [-0.39, 0.29) is 11.9 Å². The molecule has 0 aromatic rings. The maximum Gasteiger partial charge on any atom is 0.332 e. The van der Waals surface area contributed by atoms with Crippen molar-refractivity contribution in [2.24, 2.45) is 0 Å². The van der Waals surface area contributed by atoms with Crippen LogP contribution in [-0.2, 0) is 19.1 Å². The highest BCUT2D eigenvalue weighted by molar-refractivity contribution is 5.82. The lowest BCUT2D eigenvalue weighted by atomic mass is 10.1.